The van der Waals surface area contributed by atoms with Gasteiger partial charge in [-0.3, -0.25) is 9.59 Å². The number of nitriles is 1. The Morgan fingerprint density at radius 3 is 2.48 bits per heavy atom. The van der Waals surface area contributed by atoms with E-state index in [0.717, 1.165) is 0 Å². The van der Waals surface area contributed by atoms with Gasteiger partial charge in [0.2, 0.25) is 10.0 Å². The van der Waals surface area contributed by atoms with Crippen molar-refractivity contribution in [1.29, 1.82) is 5.26 Å². The maximum Gasteiger partial charge on any atom is 0.307 e. The van der Waals surface area contributed by atoms with E-state index >= 15 is 0 Å². The van der Waals surface area contributed by atoms with Gasteiger partial charge in [0.05, 0.1) is 28.5 Å². The van der Waals surface area contributed by atoms with E-state index < -0.39 is 28.5 Å². The predicted octanol–water partition coefficient (Wildman–Crippen LogP) is 2.46. The van der Waals surface area contributed by atoms with Gasteiger partial charge < -0.3 is 14.8 Å². The minimum absolute atomic E-state index is 0.0322. The van der Waals surface area contributed by atoms with Crippen LogP contribution in [0.5, 0.6) is 5.75 Å². The lowest BCUT2D eigenvalue weighted by atomic mass is 10.2. The number of rotatable bonds is 10. The molecule has 9 nitrogen and oxygen atoms in total. The summed E-state index contributed by atoms with van der Waals surface area (Å²) >= 11 is 5.88. The van der Waals surface area contributed by atoms with E-state index in [1.807, 2.05) is 13.0 Å². The lowest BCUT2D eigenvalue weighted by Crippen LogP contribution is -2.28. The molecule has 0 atom stereocenters. The minimum atomic E-state index is -3.80. The molecule has 2 N–H and O–H groups in total. The summed E-state index contributed by atoms with van der Waals surface area (Å²) in [4.78, 5) is 23.7. The highest BCUT2D eigenvalue weighted by Crippen LogP contribution is 2.20. The van der Waals surface area contributed by atoms with Gasteiger partial charge in [0.1, 0.15) is 11.8 Å². The maximum absolute atomic E-state index is 12.2. The first-order chi connectivity index (χ1) is 14.7. The molecule has 164 valence electrons. The summed E-state index contributed by atoms with van der Waals surface area (Å²) < 4.78 is 36.8. The number of amides is 1. The number of nitrogens with zero attached hydrogens (tertiary/aromatic N) is 1. The number of benzene rings is 2. The van der Waals surface area contributed by atoms with Crippen molar-refractivity contribution in [3.63, 3.8) is 0 Å². The van der Waals surface area contributed by atoms with Gasteiger partial charge in [-0.2, -0.15) is 5.26 Å². The lowest BCUT2D eigenvalue weighted by Gasteiger charge is -2.09. The topological polar surface area (TPSA) is 135 Å². The molecule has 2 aromatic carbocycles. The normalized spacial score (nSPS) is 10.7. The molecule has 0 saturated heterocycles. The molecule has 0 saturated carbocycles. The van der Waals surface area contributed by atoms with Crippen LogP contribution in [0.2, 0.25) is 5.02 Å². The van der Waals surface area contributed by atoms with Gasteiger partial charge in [0, 0.05) is 12.2 Å². The van der Waals surface area contributed by atoms with Crippen LogP contribution in [0.15, 0.2) is 47.4 Å². The Morgan fingerprint density at radius 2 is 1.87 bits per heavy atom. The molecule has 0 aromatic heterocycles. The van der Waals surface area contributed by atoms with E-state index in [1.165, 1.54) is 42.5 Å². The largest absolute Gasteiger partial charge is 0.494 e. The fraction of sp³-hybridized carbons (Fsp3) is 0.250. The van der Waals surface area contributed by atoms with Crippen LogP contribution in [-0.2, 0) is 24.3 Å². The molecule has 0 bridgehead atoms. The monoisotopic (exact) mass is 465 g/mol. The summed E-state index contributed by atoms with van der Waals surface area (Å²) in [7, 11) is -3.80. The Morgan fingerprint density at radius 1 is 1.16 bits per heavy atom. The molecule has 1 amide bonds. The SMILES string of the molecule is CCOc1ccc(S(=O)(=O)NCCC(=O)OCC(=O)Nc2ccc(C#N)c(Cl)c2)cc1. The van der Waals surface area contributed by atoms with Gasteiger partial charge in [-0.05, 0) is 49.4 Å². The predicted molar refractivity (Wildman–Crippen MR) is 113 cm³/mol. The van der Waals surface area contributed by atoms with Crippen molar-refractivity contribution in [3.8, 4) is 11.8 Å². The standard InChI is InChI=1S/C20H20ClN3O6S/c1-2-29-16-5-7-17(8-6-16)31(27,28)23-10-9-20(26)30-13-19(25)24-15-4-3-14(12-22)18(21)11-15/h3-8,11,23H,2,9-10,13H2,1H3,(H,24,25). The number of carbonyl (C=O) groups excluding carboxylic acids is 2. The van der Waals surface area contributed by atoms with Crippen LogP contribution in [0.1, 0.15) is 18.9 Å². The van der Waals surface area contributed by atoms with Crippen molar-refractivity contribution in [2.45, 2.75) is 18.2 Å². The minimum Gasteiger partial charge on any atom is -0.494 e. The lowest BCUT2D eigenvalue weighted by molar-refractivity contribution is -0.147. The third-order valence-electron chi connectivity index (χ3n) is 3.80. The highest BCUT2D eigenvalue weighted by Gasteiger charge is 2.15. The molecule has 0 unspecified atom stereocenters. The Bertz CT molecular complexity index is 1080. The van der Waals surface area contributed by atoms with Crippen molar-refractivity contribution in [2.75, 3.05) is 25.1 Å². The molecule has 0 aliphatic rings. The van der Waals surface area contributed by atoms with E-state index in [-0.39, 0.29) is 28.4 Å². The first kappa shape index (κ1) is 24.1. The third kappa shape index (κ3) is 7.57. The van der Waals surface area contributed by atoms with Crippen LogP contribution in [0.25, 0.3) is 0 Å². The Balaban J connectivity index is 1.75. The quantitative estimate of drug-likeness (QED) is 0.514. The average molecular weight is 466 g/mol. The number of anilines is 1. The molecule has 2 aromatic rings. The van der Waals surface area contributed by atoms with Crippen molar-refractivity contribution in [1.82, 2.24) is 4.72 Å². The van der Waals surface area contributed by atoms with Crippen molar-refractivity contribution < 1.29 is 27.5 Å². The second-order valence-corrected chi connectivity index (χ2v) is 8.24. The van der Waals surface area contributed by atoms with E-state index in [2.05, 4.69) is 10.0 Å². The van der Waals surface area contributed by atoms with Gasteiger partial charge in [-0.15, -0.1) is 0 Å². The summed E-state index contributed by atoms with van der Waals surface area (Å²) in [6.45, 7) is 1.53. The Labute approximate surface area is 185 Å². The smallest absolute Gasteiger partial charge is 0.307 e. The maximum atomic E-state index is 12.2. The summed E-state index contributed by atoms with van der Waals surface area (Å²) in [5.41, 5.74) is 0.604. The summed E-state index contributed by atoms with van der Waals surface area (Å²) in [5, 5.41) is 11.5. The second-order valence-electron chi connectivity index (χ2n) is 6.07. The molecule has 0 fully saturated rings. The van der Waals surface area contributed by atoms with E-state index in [9.17, 15) is 18.0 Å². The van der Waals surface area contributed by atoms with Crippen molar-refractivity contribution >= 4 is 39.2 Å². The fourth-order valence-corrected chi connectivity index (χ4v) is 3.61. The number of ether oxygens (including phenoxy) is 2. The highest BCUT2D eigenvalue weighted by atomic mass is 35.5. The molecule has 2 rings (SSSR count). The molecule has 0 spiro atoms. The first-order valence-corrected chi connectivity index (χ1v) is 11.0. The van der Waals surface area contributed by atoms with Crippen LogP contribution in [0, 0.1) is 11.3 Å². The van der Waals surface area contributed by atoms with Crippen LogP contribution in [0.4, 0.5) is 5.69 Å². The zero-order valence-corrected chi connectivity index (χ0v) is 18.1. The number of hydrogen-bond donors (Lipinski definition) is 2. The molecule has 0 aliphatic heterocycles. The van der Waals surface area contributed by atoms with E-state index in [1.54, 1.807) is 0 Å². The highest BCUT2D eigenvalue weighted by molar-refractivity contribution is 7.89. The van der Waals surface area contributed by atoms with Crippen LogP contribution in [-0.4, -0.2) is 40.1 Å². The van der Waals surface area contributed by atoms with E-state index in [4.69, 9.17) is 26.3 Å². The summed E-state index contributed by atoms with van der Waals surface area (Å²) in [5.74, 6) is -0.807. The van der Waals surface area contributed by atoms with Crippen molar-refractivity contribution in [2.24, 2.45) is 0 Å². The first-order valence-electron chi connectivity index (χ1n) is 9.13. The number of nitrogens with one attached hydrogen (secondary N) is 2. The molecular weight excluding hydrogens is 446 g/mol. The Kier molecular flexibility index (Phi) is 8.81. The molecule has 0 heterocycles. The second kappa shape index (κ2) is 11.3. The molecule has 31 heavy (non-hydrogen) atoms. The number of carbonyl (C=O) groups is 2. The van der Waals surface area contributed by atoms with Gasteiger partial charge in [-0.25, -0.2) is 13.1 Å². The van der Waals surface area contributed by atoms with Gasteiger partial charge >= 0.3 is 5.97 Å². The fourth-order valence-electron chi connectivity index (χ4n) is 2.35. The molecule has 11 heteroatoms. The average Bonchev–Trinajstić information content (AvgIpc) is 2.73. The zero-order valence-electron chi connectivity index (χ0n) is 16.6. The van der Waals surface area contributed by atoms with E-state index in [0.29, 0.717) is 18.0 Å². The number of hydrogen-bond acceptors (Lipinski definition) is 7. The van der Waals surface area contributed by atoms with Gasteiger partial charge in [0.15, 0.2) is 6.61 Å². The molecule has 0 radical (unpaired) electrons. The molecular formula is C20H20ClN3O6S. The Hall–Kier alpha value is -3.13. The van der Waals surface area contributed by atoms with Gasteiger partial charge in [0.25, 0.3) is 5.91 Å². The number of sulfonamides is 1. The summed E-state index contributed by atoms with van der Waals surface area (Å²) in [6, 6.07) is 12.1. The van der Waals surface area contributed by atoms with Crippen LogP contribution < -0.4 is 14.8 Å². The zero-order chi connectivity index (χ0) is 22.9. The third-order valence-corrected chi connectivity index (χ3v) is 5.59. The van der Waals surface area contributed by atoms with Gasteiger partial charge in [-0.1, -0.05) is 11.6 Å². The molecule has 0 aliphatic carbocycles. The van der Waals surface area contributed by atoms with Crippen LogP contribution >= 0.6 is 11.6 Å². The summed E-state index contributed by atoms with van der Waals surface area (Å²) in [6.07, 6.45) is -0.258. The number of esters is 1. The number of halogens is 1. The van der Waals surface area contributed by atoms with Crippen molar-refractivity contribution in [3.05, 3.63) is 53.1 Å². The van der Waals surface area contributed by atoms with Crippen LogP contribution in [0.3, 0.4) is 0 Å².